The Labute approximate surface area is 199 Å². The largest absolute Gasteiger partial charge is 0.493 e. The zero-order valence-corrected chi connectivity index (χ0v) is 18.9. The predicted octanol–water partition coefficient (Wildman–Crippen LogP) is 5.81. The van der Waals surface area contributed by atoms with Gasteiger partial charge in [0.2, 0.25) is 0 Å². The molecule has 6 nitrogen and oxygen atoms in total. The van der Waals surface area contributed by atoms with Crippen molar-refractivity contribution in [1.82, 2.24) is 15.6 Å². The van der Waals surface area contributed by atoms with E-state index in [9.17, 15) is 4.79 Å². The number of ether oxygens (including phenoxy) is 1. The summed E-state index contributed by atoms with van der Waals surface area (Å²) < 4.78 is 5.67. The van der Waals surface area contributed by atoms with E-state index in [2.05, 4.69) is 15.7 Å². The summed E-state index contributed by atoms with van der Waals surface area (Å²) in [6, 6.07) is 12.4. The van der Waals surface area contributed by atoms with Gasteiger partial charge in [-0.1, -0.05) is 65.1 Å². The standard InChI is InChI=1S/C23H17Cl3N4O2/c24-17-6-3-5-14(20(17)25)13-8-10-27-21-16(13)12-28-30(22(21)26)23(31)29-18-9-11-32-19-7-2-1-4-15(18)19/h1-8,10,12,18,27H,9,11H2,(H,29,31)/t18-/m0/s1. The number of nitrogens with zero attached hydrogens (tertiary/aromatic N) is 2. The van der Waals surface area contributed by atoms with Crippen molar-refractivity contribution in [2.75, 3.05) is 6.61 Å². The molecule has 3 aliphatic heterocycles. The number of hydrogen-bond donors (Lipinski definition) is 2. The molecule has 0 unspecified atom stereocenters. The van der Waals surface area contributed by atoms with E-state index < -0.39 is 6.03 Å². The van der Waals surface area contributed by atoms with Crippen LogP contribution in [0.3, 0.4) is 0 Å². The number of urea groups is 1. The lowest BCUT2D eigenvalue weighted by Crippen LogP contribution is -2.41. The number of dihydropyridines is 1. The summed E-state index contributed by atoms with van der Waals surface area (Å²) in [4.78, 5) is 13.1. The fourth-order valence-electron chi connectivity index (χ4n) is 3.88. The second kappa shape index (κ2) is 8.54. The van der Waals surface area contributed by atoms with Crippen LogP contribution >= 0.6 is 34.8 Å². The van der Waals surface area contributed by atoms with Crippen LogP contribution in [-0.2, 0) is 0 Å². The number of para-hydroxylation sites is 1. The van der Waals surface area contributed by atoms with Gasteiger partial charge >= 0.3 is 6.03 Å². The number of hydrogen-bond acceptors (Lipinski definition) is 4. The molecule has 0 saturated carbocycles. The van der Waals surface area contributed by atoms with Crippen LogP contribution in [0.15, 0.2) is 76.3 Å². The van der Waals surface area contributed by atoms with Crippen LogP contribution < -0.4 is 15.4 Å². The van der Waals surface area contributed by atoms with Gasteiger partial charge in [0.05, 0.1) is 34.6 Å². The van der Waals surface area contributed by atoms with E-state index in [4.69, 9.17) is 39.5 Å². The molecule has 0 aliphatic carbocycles. The Kier molecular flexibility index (Phi) is 5.59. The summed E-state index contributed by atoms with van der Waals surface area (Å²) in [5, 5.41) is 12.6. The van der Waals surface area contributed by atoms with Crippen LogP contribution in [0.2, 0.25) is 10.0 Å². The topological polar surface area (TPSA) is 66.0 Å². The highest BCUT2D eigenvalue weighted by Gasteiger charge is 2.31. The molecule has 32 heavy (non-hydrogen) atoms. The molecule has 0 bridgehead atoms. The van der Waals surface area contributed by atoms with Crippen molar-refractivity contribution in [2.45, 2.75) is 12.5 Å². The van der Waals surface area contributed by atoms with Crippen molar-refractivity contribution in [3.63, 3.8) is 0 Å². The summed E-state index contributed by atoms with van der Waals surface area (Å²) in [6.45, 7) is 0.517. The first-order valence-electron chi connectivity index (χ1n) is 9.93. The molecule has 2 aromatic rings. The Hall–Kier alpha value is -2.93. The number of carbonyl (C=O) groups excluding carboxylic acids is 1. The first-order valence-corrected chi connectivity index (χ1v) is 11.1. The van der Waals surface area contributed by atoms with Crippen molar-refractivity contribution in [3.05, 3.63) is 92.3 Å². The van der Waals surface area contributed by atoms with Gasteiger partial charge in [0, 0.05) is 29.3 Å². The quantitative estimate of drug-likeness (QED) is 0.526. The number of benzene rings is 2. The molecule has 0 spiro atoms. The van der Waals surface area contributed by atoms with Crippen molar-refractivity contribution in [3.8, 4) is 5.75 Å². The Bertz CT molecular complexity index is 1240. The molecule has 0 saturated heterocycles. The molecule has 2 aromatic carbocycles. The van der Waals surface area contributed by atoms with Crippen LogP contribution in [0.5, 0.6) is 5.75 Å². The normalized spacial score (nSPS) is 19.2. The molecule has 2 N–H and O–H groups in total. The van der Waals surface area contributed by atoms with Gasteiger partial charge in [-0.05, 0) is 23.8 Å². The highest BCUT2D eigenvalue weighted by atomic mass is 35.5. The lowest BCUT2D eigenvalue weighted by Gasteiger charge is -2.30. The Morgan fingerprint density at radius 2 is 1.97 bits per heavy atom. The number of fused-ring (bicyclic) bond motifs is 2. The van der Waals surface area contributed by atoms with Gasteiger partial charge in [-0.3, -0.25) is 0 Å². The van der Waals surface area contributed by atoms with Crippen molar-refractivity contribution < 1.29 is 9.53 Å². The maximum atomic E-state index is 13.1. The van der Waals surface area contributed by atoms with Gasteiger partial charge in [-0.15, -0.1) is 0 Å². The van der Waals surface area contributed by atoms with Gasteiger partial charge in [-0.2, -0.15) is 10.1 Å². The Morgan fingerprint density at radius 1 is 1.12 bits per heavy atom. The lowest BCUT2D eigenvalue weighted by molar-refractivity contribution is 0.201. The van der Waals surface area contributed by atoms with E-state index >= 15 is 0 Å². The summed E-state index contributed by atoms with van der Waals surface area (Å²) in [5.41, 5.74) is 3.73. The molecular formula is C23H17Cl3N4O2. The van der Waals surface area contributed by atoms with Gasteiger partial charge in [0.25, 0.3) is 0 Å². The van der Waals surface area contributed by atoms with Gasteiger partial charge in [0.1, 0.15) is 5.75 Å². The number of carbonyl (C=O) groups is 1. The summed E-state index contributed by atoms with van der Waals surface area (Å²) in [6.07, 6.45) is 5.83. The molecule has 0 fully saturated rings. The predicted molar refractivity (Wildman–Crippen MR) is 127 cm³/mol. The summed E-state index contributed by atoms with van der Waals surface area (Å²) >= 11 is 19.2. The van der Waals surface area contributed by atoms with E-state index in [1.807, 2.05) is 42.5 Å². The van der Waals surface area contributed by atoms with E-state index in [0.717, 1.165) is 27.5 Å². The molecule has 1 atom stereocenters. The fraction of sp³-hybridized carbons (Fsp3) is 0.130. The molecule has 5 rings (SSSR count). The molecule has 9 heteroatoms. The van der Waals surface area contributed by atoms with E-state index in [0.29, 0.717) is 34.3 Å². The molecule has 162 valence electrons. The molecule has 3 aliphatic rings. The van der Waals surface area contributed by atoms with Crippen LogP contribution in [0.1, 0.15) is 23.6 Å². The number of allylic oxidation sites excluding steroid dienone is 3. The number of halogens is 3. The second-order valence-electron chi connectivity index (χ2n) is 7.31. The molecule has 0 radical (unpaired) electrons. The molecule has 2 amide bonds. The smallest absolute Gasteiger partial charge is 0.344 e. The van der Waals surface area contributed by atoms with E-state index in [1.165, 1.54) is 0 Å². The molecule has 0 aromatic heterocycles. The second-order valence-corrected chi connectivity index (χ2v) is 8.45. The molecule has 3 heterocycles. The van der Waals surface area contributed by atoms with Gasteiger partial charge in [0.15, 0.2) is 5.16 Å². The monoisotopic (exact) mass is 486 g/mol. The SMILES string of the molecule is O=C(N[C@H]1CCOc2ccccc21)N1N=CC2=C(c3cccc(Cl)c3Cl)C=CNC2=C1Cl. The average Bonchev–Trinajstić information content (AvgIpc) is 2.81. The van der Waals surface area contributed by atoms with Crippen molar-refractivity contribution >= 4 is 52.6 Å². The highest BCUT2D eigenvalue weighted by molar-refractivity contribution is 6.43. The maximum absolute atomic E-state index is 13.1. The Balaban J connectivity index is 1.44. The number of rotatable bonds is 2. The van der Waals surface area contributed by atoms with Gasteiger partial charge < -0.3 is 15.4 Å². The third kappa shape index (κ3) is 3.64. The first-order chi connectivity index (χ1) is 15.5. The van der Waals surface area contributed by atoms with Crippen molar-refractivity contribution in [2.24, 2.45) is 5.10 Å². The summed E-state index contributed by atoms with van der Waals surface area (Å²) in [7, 11) is 0. The summed E-state index contributed by atoms with van der Waals surface area (Å²) in [5.74, 6) is 0.767. The van der Waals surface area contributed by atoms with Crippen LogP contribution in [0.25, 0.3) is 5.57 Å². The average molecular weight is 488 g/mol. The van der Waals surface area contributed by atoms with Crippen LogP contribution in [-0.4, -0.2) is 23.9 Å². The minimum Gasteiger partial charge on any atom is -0.493 e. The zero-order chi connectivity index (χ0) is 22.2. The first kappa shape index (κ1) is 20.9. The van der Waals surface area contributed by atoms with Crippen LogP contribution in [0.4, 0.5) is 4.79 Å². The van der Waals surface area contributed by atoms with Gasteiger partial charge in [-0.25, -0.2) is 4.79 Å². The minimum atomic E-state index is -0.432. The fourth-order valence-corrected chi connectivity index (χ4v) is 4.56. The van der Waals surface area contributed by atoms with E-state index in [1.54, 1.807) is 18.5 Å². The lowest BCUT2D eigenvalue weighted by atomic mass is 9.96. The number of hydrazone groups is 1. The minimum absolute atomic E-state index is 0.153. The Morgan fingerprint density at radius 3 is 2.84 bits per heavy atom. The van der Waals surface area contributed by atoms with Crippen LogP contribution in [0, 0.1) is 0 Å². The third-order valence-corrected chi connectivity index (χ3v) is 6.59. The van der Waals surface area contributed by atoms with E-state index in [-0.39, 0.29) is 11.2 Å². The highest BCUT2D eigenvalue weighted by Crippen LogP contribution is 2.38. The maximum Gasteiger partial charge on any atom is 0.344 e. The zero-order valence-electron chi connectivity index (χ0n) is 16.6. The number of amides is 2. The molecular weight excluding hydrogens is 471 g/mol. The third-order valence-electron chi connectivity index (χ3n) is 5.42. The van der Waals surface area contributed by atoms with Crippen molar-refractivity contribution in [1.29, 1.82) is 0 Å². The number of nitrogens with one attached hydrogen (secondary N) is 2.